The SMILES string of the molecule is NC(Cc1c[nH]c2ccccc12)C(=O)OC1NC(C(=O)O)Cc2ccccc21. The van der Waals surface area contributed by atoms with Gasteiger partial charge in [-0.05, 0) is 23.6 Å². The average molecular weight is 379 g/mol. The van der Waals surface area contributed by atoms with Crippen LogP contribution in [-0.4, -0.2) is 34.1 Å². The van der Waals surface area contributed by atoms with Crippen molar-refractivity contribution >= 4 is 22.8 Å². The Morgan fingerprint density at radius 2 is 1.93 bits per heavy atom. The first-order chi connectivity index (χ1) is 13.5. The van der Waals surface area contributed by atoms with Crippen molar-refractivity contribution in [1.82, 2.24) is 10.3 Å². The predicted molar refractivity (Wildman–Crippen MR) is 104 cm³/mol. The summed E-state index contributed by atoms with van der Waals surface area (Å²) in [6, 6.07) is 13.4. The van der Waals surface area contributed by atoms with Gasteiger partial charge in [-0.2, -0.15) is 0 Å². The molecule has 3 atom stereocenters. The lowest BCUT2D eigenvalue weighted by Gasteiger charge is -2.31. The second-order valence-electron chi connectivity index (χ2n) is 6.95. The first-order valence-electron chi connectivity index (χ1n) is 9.10. The molecule has 1 aliphatic rings. The van der Waals surface area contributed by atoms with Crippen molar-refractivity contribution in [1.29, 1.82) is 0 Å². The van der Waals surface area contributed by atoms with E-state index in [9.17, 15) is 14.7 Å². The van der Waals surface area contributed by atoms with Crippen molar-refractivity contribution in [3.8, 4) is 0 Å². The number of hydrogen-bond acceptors (Lipinski definition) is 5. The number of carbonyl (C=O) groups excluding carboxylic acids is 1. The molecule has 2 heterocycles. The number of benzene rings is 2. The highest BCUT2D eigenvalue weighted by Crippen LogP contribution is 2.27. The number of fused-ring (bicyclic) bond motifs is 2. The largest absolute Gasteiger partial charge is 0.480 e. The lowest BCUT2D eigenvalue weighted by atomic mass is 9.94. The van der Waals surface area contributed by atoms with Gasteiger partial charge in [-0.1, -0.05) is 42.5 Å². The Balaban J connectivity index is 1.50. The van der Waals surface area contributed by atoms with Gasteiger partial charge in [0, 0.05) is 29.1 Å². The molecule has 0 spiro atoms. The number of ether oxygens (including phenoxy) is 1. The first kappa shape index (κ1) is 18.2. The van der Waals surface area contributed by atoms with Gasteiger partial charge >= 0.3 is 11.9 Å². The zero-order valence-electron chi connectivity index (χ0n) is 15.1. The van der Waals surface area contributed by atoms with E-state index >= 15 is 0 Å². The van der Waals surface area contributed by atoms with E-state index in [0.717, 1.165) is 27.6 Å². The molecule has 2 aromatic carbocycles. The zero-order valence-corrected chi connectivity index (χ0v) is 15.1. The van der Waals surface area contributed by atoms with Crippen molar-refractivity contribution in [2.75, 3.05) is 0 Å². The quantitative estimate of drug-likeness (QED) is 0.503. The van der Waals surface area contributed by atoms with Crippen LogP contribution in [0.1, 0.15) is 22.9 Å². The molecule has 0 amide bonds. The molecule has 0 aliphatic carbocycles. The van der Waals surface area contributed by atoms with Crippen LogP contribution in [0.15, 0.2) is 54.7 Å². The standard InChI is InChI=1S/C21H21N3O4/c22-16(9-13-11-23-17-8-4-3-6-14(13)17)21(27)28-19-15-7-2-1-5-12(15)10-18(24-19)20(25)26/h1-8,11,16,18-19,23-24H,9-10,22H2,(H,25,26). The van der Waals surface area contributed by atoms with E-state index in [0.29, 0.717) is 12.8 Å². The molecular formula is C21H21N3O4. The van der Waals surface area contributed by atoms with Gasteiger partial charge in [0.15, 0.2) is 6.23 Å². The Hall–Kier alpha value is -3.16. The number of H-pyrrole nitrogens is 1. The molecule has 0 radical (unpaired) electrons. The van der Waals surface area contributed by atoms with Crippen LogP contribution in [0, 0.1) is 0 Å². The Morgan fingerprint density at radius 3 is 2.75 bits per heavy atom. The number of aromatic nitrogens is 1. The van der Waals surface area contributed by atoms with Gasteiger partial charge in [-0.3, -0.25) is 14.9 Å². The van der Waals surface area contributed by atoms with Crippen molar-refractivity contribution in [2.45, 2.75) is 31.2 Å². The molecular weight excluding hydrogens is 358 g/mol. The summed E-state index contributed by atoms with van der Waals surface area (Å²) in [6.45, 7) is 0. The third kappa shape index (κ3) is 3.49. The topological polar surface area (TPSA) is 117 Å². The maximum Gasteiger partial charge on any atom is 0.325 e. The van der Waals surface area contributed by atoms with Gasteiger partial charge in [0.05, 0.1) is 0 Å². The third-order valence-corrected chi connectivity index (χ3v) is 5.06. The molecule has 144 valence electrons. The molecule has 7 nitrogen and oxygen atoms in total. The van der Waals surface area contributed by atoms with Gasteiger partial charge in [0.1, 0.15) is 12.1 Å². The van der Waals surface area contributed by atoms with E-state index in [4.69, 9.17) is 10.5 Å². The zero-order chi connectivity index (χ0) is 19.7. The molecule has 3 unspecified atom stereocenters. The van der Waals surface area contributed by atoms with Crippen molar-refractivity contribution in [3.63, 3.8) is 0 Å². The molecule has 7 heteroatoms. The van der Waals surface area contributed by atoms with Crippen LogP contribution in [-0.2, 0) is 27.2 Å². The van der Waals surface area contributed by atoms with E-state index in [1.165, 1.54) is 0 Å². The van der Waals surface area contributed by atoms with Crippen LogP contribution in [0.3, 0.4) is 0 Å². The van der Waals surface area contributed by atoms with Crippen molar-refractivity contribution in [2.24, 2.45) is 5.73 Å². The molecule has 0 saturated carbocycles. The fraction of sp³-hybridized carbons (Fsp3) is 0.238. The van der Waals surface area contributed by atoms with Gasteiger partial charge in [0.2, 0.25) is 0 Å². The first-order valence-corrected chi connectivity index (χ1v) is 9.10. The Kier molecular flexibility index (Phi) is 4.85. The molecule has 0 saturated heterocycles. The monoisotopic (exact) mass is 379 g/mol. The van der Waals surface area contributed by atoms with Gasteiger partial charge < -0.3 is 20.6 Å². The van der Waals surface area contributed by atoms with Crippen LogP contribution in [0.5, 0.6) is 0 Å². The number of esters is 1. The maximum atomic E-state index is 12.6. The summed E-state index contributed by atoms with van der Waals surface area (Å²) in [6.07, 6.45) is 1.65. The molecule has 1 aliphatic heterocycles. The Labute approximate surface area is 161 Å². The van der Waals surface area contributed by atoms with E-state index in [1.54, 1.807) is 0 Å². The number of aromatic amines is 1. The minimum atomic E-state index is -0.987. The summed E-state index contributed by atoms with van der Waals surface area (Å²) in [7, 11) is 0. The predicted octanol–water partition coefficient (Wildman–Crippen LogP) is 1.88. The van der Waals surface area contributed by atoms with E-state index in [1.807, 2.05) is 54.7 Å². The molecule has 0 fully saturated rings. The number of carboxylic acid groups (broad SMARTS) is 1. The third-order valence-electron chi connectivity index (χ3n) is 5.06. The number of aliphatic carboxylic acids is 1. The summed E-state index contributed by atoms with van der Waals surface area (Å²) in [4.78, 5) is 27.2. The number of para-hydroxylation sites is 1. The summed E-state index contributed by atoms with van der Waals surface area (Å²) >= 11 is 0. The maximum absolute atomic E-state index is 12.6. The number of carbonyl (C=O) groups is 2. The lowest BCUT2D eigenvalue weighted by molar-refractivity contribution is -0.156. The molecule has 3 aromatic rings. The van der Waals surface area contributed by atoms with Crippen molar-refractivity contribution < 1.29 is 19.4 Å². The highest BCUT2D eigenvalue weighted by Gasteiger charge is 2.33. The highest BCUT2D eigenvalue weighted by atomic mass is 16.6. The smallest absolute Gasteiger partial charge is 0.325 e. The normalized spacial score (nSPS) is 19.8. The molecule has 1 aromatic heterocycles. The molecule has 5 N–H and O–H groups in total. The fourth-order valence-electron chi connectivity index (χ4n) is 3.61. The van der Waals surface area contributed by atoms with Crippen LogP contribution < -0.4 is 11.1 Å². The number of rotatable bonds is 5. The van der Waals surface area contributed by atoms with Crippen LogP contribution in [0.2, 0.25) is 0 Å². The summed E-state index contributed by atoms with van der Waals surface area (Å²) < 4.78 is 5.57. The minimum absolute atomic E-state index is 0.319. The molecule has 4 rings (SSSR count). The van der Waals surface area contributed by atoms with Gasteiger partial charge in [-0.15, -0.1) is 0 Å². The second kappa shape index (κ2) is 7.46. The number of carboxylic acids is 1. The van der Waals surface area contributed by atoms with E-state index in [-0.39, 0.29) is 0 Å². The van der Waals surface area contributed by atoms with Gasteiger partial charge in [0.25, 0.3) is 0 Å². The van der Waals surface area contributed by atoms with E-state index < -0.39 is 30.3 Å². The summed E-state index contributed by atoms with van der Waals surface area (Å²) in [5, 5.41) is 13.3. The molecule has 28 heavy (non-hydrogen) atoms. The van der Waals surface area contributed by atoms with Crippen molar-refractivity contribution in [3.05, 3.63) is 71.4 Å². The van der Waals surface area contributed by atoms with Gasteiger partial charge in [-0.25, -0.2) is 0 Å². The summed E-state index contributed by atoms with van der Waals surface area (Å²) in [5.41, 5.74) is 9.61. The molecule has 0 bridgehead atoms. The lowest BCUT2D eigenvalue weighted by Crippen LogP contribution is -2.47. The van der Waals surface area contributed by atoms with Crippen LogP contribution >= 0.6 is 0 Å². The number of hydrogen-bond donors (Lipinski definition) is 4. The second-order valence-corrected chi connectivity index (χ2v) is 6.95. The minimum Gasteiger partial charge on any atom is -0.480 e. The average Bonchev–Trinajstić information content (AvgIpc) is 3.10. The highest BCUT2D eigenvalue weighted by molar-refractivity contribution is 5.84. The number of nitrogens with one attached hydrogen (secondary N) is 2. The Bertz CT molecular complexity index is 1030. The van der Waals surface area contributed by atoms with Crippen LogP contribution in [0.4, 0.5) is 0 Å². The number of nitrogens with two attached hydrogens (primary N) is 1. The fourth-order valence-corrected chi connectivity index (χ4v) is 3.61. The van der Waals surface area contributed by atoms with E-state index in [2.05, 4.69) is 10.3 Å². The summed E-state index contributed by atoms with van der Waals surface area (Å²) in [5.74, 6) is -1.57. The van der Waals surface area contributed by atoms with Crippen LogP contribution in [0.25, 0.3) is 10.9 Å². The Morgan fingerprint density at radius 1 is 1.18 bits per heavy atom.